The van der Waals surface area contributed by atoms with Crippen molar-refractivity contribution < 1.29 is 27.5 Å². The molecule has 0 aromatic heterocycles. The molecule has 1 N–H and O–H groups in total. The first kappa shape index (κ1) is 19.7. The summed E-state index contributed by atoms with van der Waals surface area (Å²) >= 11 is 0. The summed E-state index contributed by atoms with van der Waals surface area (Å²) in [7, 11) is 0. The fraction of sp³-hybridized carbons (Fsp3) is 0.300. The third-order valence-electron chi connectivity index (χ3n) is 4.43. The van der Waals surface area contributed by atoms with Gasteiger partial charge in [0.15, 0.2) is 0 Å². The van der Waals surface area contributed by atoms with Gasteiger partial charge < -0.3 is 15.0 Å². The number of rotatable bonds is 5. The molecule has 1 heterocycles. The first-order valence-corrected chi connectivity index (χ1v) is 8.80. The molecule has 0 bridgehead atoms. The Morgan fingerprint density at radius 3 is 2.39 bits per heavy atom. The molecule has 1 unspecified atom stereocenters. The van der Waals surface area contributed by atoms with E-state index < -0.39 is 24.0 Å². The second-order valence-corrected chi connectivity index (χ2v) is 6.44. The summed E-state index contributed by atoms with van der Waals surface area (Å²) in [6.45, 7) is 0.311. The quantitative estimate of drug-likeness (QED) is 0.843. The molecule has 1 aliphatic heterocycles. The molecule has 0 saturated carbocycles. The SMILES string of the molecule is O=C(Nc1ccc(OCc2ccccc2)cc1)C1CCCN1C(=O)C(F)(F)F. The zero-order valence-corrected chi connectivity index (χ0v) is 14.9. The summed E-state index contributed by atoms with van der Waals surface area (Å²) in [6.07, 6.45) is -4.43. The summed E-state index contributed by atoms with van der Waals surface area (Å²) in [5, 5.41) is 2.57. The lowest BCUT2D eigenvalue weighted by molar-refractivity contribution is -0.186. The molecule has 1 atom stereocenters. The van der Waals surface area contributed by atoms with Crippen LogP contribution in [0.1, 0.15) is 18.4 Å². The van der Waals surface area contributed by atoms with Crippen molar-refractivity contribution in [1.82, 2.24) is 4.90 Å². The third kappa shape index (κ3) is 4.82. The van der Waals surface area contributed by atoms with Crippen LogP contribution in [0.4, 0.5) is 18.9 Å². The number of likely N-dealkylation sites (tertiary alicyclic amines) is 1. The van der Waals surface area contributed by atoms with E-state index in [4.69, 9.17) is 4.74 Å². The number of hydrogen-bond donors (Lipinski definition) is 1. The molecule has 148 valence electrons. The predicted octanol–water partition coefficient (Wildman–Crippen LogP) is 3.76. The number of hydrogen-bond acceptors (Lipinski definition) is 3. The average Bonchev–Trinajstić information content (AvgIpc) is 3.16. The van der Waals surface area contributed by atoms with Gasteiger partial charge in [-0.3, -0.25) is 9.59 Å². The van der Waals surface area contributed by atoms with Crippen LogP contribution < -0.4 is 10.1 Å². The van der Waals surface area contributed by atoms with Crippen molar-refractivity contribution in [2.24, 2.45) is 0 Å². The van der Waals surface area contributed by atoms with Gasteiger partial charge in [-0.2, -0.15) is 13.2 Å². The van der Waals surface area contributed by atoms with E-state index in [2.05, 4.69) is 5.32 Å². The zero-order chi connectivity index (χ0) is 20.1. The summed E-state index contributed by atoms with van der Waals surface area (Å²) in [5.74, 6) is -2.01. The van der Waals surface area contributed by atoms with Gasteiger partial charge in [-0.1, -0.05) is 30.3 Å². The van der Waals surface area contributed by atoms with E-state index in [1.54, 1.807) is 24.3 Å². The number of carbonyl (C=O) groups excluding carboxylic acids is 2. The van der Waals surface area contributed by atoms with Gasteiger partial charge in [-0.05, 0) is 42.7 Å². The van der Waals surface area contributed by atoms with E-state index in [1.807, 2.05) is 30.3 Å². The summed E-state index contributed by atoms with van der Waals surface area (Å²) in [6, 6.07) is 15.0. The first-order chi connectivity index (χ1) is 13.3. The van der Waals surface area contributed by atoms with Crippen molar-refractivity contribution >= 4 is 17.5 Å². The van der Waals surface area contributed by atoms with Gasteiger partial charge in [-0.15, -0.1) is 0 Å². The number of ether oxygens (including phenoxy) is 1. The smallest absolute Gasteiger partial charge is 0.471 e. The minimum atomic E-state index is -4.99. The van der Waals surface area contributed by atoms with Crippen molar-refractivity contribution in [3.05, 3.63) is 60.2 Å². The highest BCUT2D eigenvalue weighted by Gasteiger charge is 2.47. The lowest BCUT2D eigenvalue weighted by Gasteiger charge is -2.24. The van der Waals surface area contributed by atoms with Crippen LogP contribution in [0.25, 0.3) is 0 Å². The van der Waals surface area contributed by atoms with Crippen molar-refractivity contribution in [3.63, 3.8) is 0 Å². The molecular weight excluding hydrogens is 373 g/mol. The first-order valence-electron chi connectivity index (χ1n) is 8.80. The number of halogens is 3. The normalized spacial score (nSPS) is 16.7. The molecule has 1 fully saturated rings. The van der Waals surface area contributed by atoms with Crippen molar-refractivity contribution in [2.75, 3.05) is 11.9 Å². The Labute approximate surface area is 160 Å². The van der Waals surface area contributed by atoms with Crippen LogP contribution in [-0.4, -0.2) is 35.5 Å². The average molecular weight is 392 g/mol. The van der Waals surface area contributed by atoms with Gasteiger partial charge >= 0.3 is 12.1 Å². The van der Waals surface area contributed by atoms with Gasteiger partial charge in [0.1, 0.15) is 18.4 Å². The second kappa shape index (κ2) is 8.33. The largest absolute Gasteiger partial charge is 0.489 e. The Morgan fingerprint density at radius 1 is 1.07 bits per heavy atom. The Balaban J connectivity index is 1.57. The van der Waals surface area contributed by atoms with Crippen LogP contribution in [0.15, 0.2) is 54.6 Å². The molecule has 2 amide bonds. The Hall–Kier alpha value is -3.03. The number of nitrogens with zero attached hydrogens (tertiary/aromatic N) is 1. The Bertz CT molecular complexity index is 823. The minimum Gasteiger partial charge on any atom is -0.489 e. The van der Waals surface area contributed by atoms with E-state index in [9.17, 15) is 22.8 Å². The van der Waals surface area contributed by atoms with Crippen LogP contribution in [0.3, 0.4) is 0 Å². The van der Waals surface area contributed by atoms with Gasteiger partial charge in [0.05, 0.1) is 0 Å². The van der Waals surface area contributed by atoms with E-state index >= 15 is 0 Å². The minimum absolute atomic E-state index is 0.0807. The van der Waals surface area contributed by atoms with Gasteiger partial charge in [-0.25, -0.2) is 0 Å². The van der Waals surface area contributed by atoms with E-state index in [0.29, 0.717) is 29.4 Å². The standard InChI is InChI=1S/C20H19F3N2O3/c21-20(22,23)19(27)25-12-4-7-17(25)18(26)24-15-8-10-16(11-9-15)28-13-14-5-2-1-3-6-14/h1-3,5-6,8-11,17H,4,7,12-13H2,(H,24,26). The lowest BCUT2D eigenvalue weighted by Crippen LogP contribution is -2.48. The van der Waals surface area contributed by atoms with Crippen LogP contribution in [0.2, 0.25) is 0 Å². The maximum atomic E-state index is 12.7. The molecule has 0 aliphatic carbocycles. The number of alkyl halides is 3. The van der Waals surface area contributed by atoms with E-state index in [1.165, 1.54) is 0 Å². The highest BCUT2D eigenvalue weighted by Crippen LogP contribution is 2.26. The number of amides is 2. The van der Waals surface area contributed by atoms with Crippen molar-refractivity contribution in [3.8, 4) is 5.75 Å². The summed E-state index contributed by atoms with van der Waals surface area (Å²) in [5.41, 5.74) is 1.43. The molecular formula is C20H19F3N2O3. The second-order valence-electron chi connectivity index (χ2n) is 6.44. The molecule has 1 saturated heterocycles. The Morgan fingerprint density at radius 2 is 1.75 bits per heavy atom. The molecule has 8 heteroatoms. The van der Waals surface area contributed by atoms with Gasteiger partial charge in [0.25, 0.3) is 0 Å². The molecule has 0 radical (unpaired) electrons. The fourth-order valence-corrected chi connectivity index (χ4v) is 3.05. The Kier molecular flexibility index (Phi) is 5.87. The monoisotopic (exact) mass is 392 g/mol. The van der Waals surface area contributed by atoms with E-state index in [-0.39, 0.29) is 13.0 Å². The molecule has 2 aromatic rings. The van der Waals surface area contributed by atoms with E-state index in [0.717, 1.165) is 5.56 Å². The van der Waals surface area contributed by atoms with Crippen LogP contribution in [0.5, 0.6) is 5.75 Å². The fourth-order valence-electron chi connectivity index (χ4n) is 3.05. The number of nitrogens with one attached hydrogen (secondary N) is 1. The molecule has 28 heavy (non-hydrogen) atoms. The maximum Gasteiger partial charge on any atom is 0.471 e. The zero-order valence-electron chi connectivity index (χ0n) is 14.9. The molecule has 0 spiro atoms. The number of anilines is 1. The molecule has 3 rings (SSSR count). The van der Waals surface area contributed by atoms with Crippen LogP contribution >= 0.6 is 0 Å². The number of benzene rings is 2. The summed E-state index contributed by atoms with van der Waals surface area (Å²) in [4.78, 5) is 24.4. The van der Waals surface area contributed by atoms with Crippen LogP contribution in [0, 0.1) is 0 Å². The molecule has 2 aromatic carbocycles. The van der Waals surface area contributed by atoms with Crippen molar-refractivity contribution in [1.29, 1.82) is 0 Å². The predicted molar refractivity (Wildman–Crippen MR) is 96.6 cm³/mol. The molecule has 1 aliphatic rings. The highest BCUT2D eigenvalue weighted by molar-refractivity contribution is 5.98. The maximum absolute atomic E-state index is 12.7. The van der Waals surface area contributed by atoms with Crippen LogP contribution in [-0.2, 0) is 16.2 Å². The van der Waals surface area contributed by atoms with Gasteiger partial charge in [0, 0.05) is 12.2 Å². The molecule has 5 nitrogen and oxygen atoms in total. The number of carbonyl (C=O) groups is 2. The lowest BCUT2D eigenvalue weighted by atomic mass is 10.2. The highest BCUT2D eigenvalue weighted by atomic mass is 19.4. The van der Waals surface area contributed by atoms with Gasteiger partial charge in [0.2, 0.25) is 5.91 Å². The van der Waals surface area contributed by atoms with Crippen molar-refractivity contribution in [2.45, 2.75) is 31.7 Å². The third-order valence-corrected chi connectivity index (χ3v) is 4.43. The summed E-state index contributed by atoms with van der Waals surface area (Å²) < 4.78 is 43.6. The topological polar surface area (TPSA) is 58.6 Å².